The number of ether oxygens (including phenoxy) is 1. The molecule has 6 nitrogen and oxygen atoms in total. The van der Waals surface area contributed by atoms with E-state index in [0.29, 0.717) is 16.0 Å². The van der Waals surface area contributed by atoms with E-state index in [0.717, 1.165) is 3.79 Å². The lowest BCUT2D eigenvalue weighted by molar-refractivity contribution is -0.119. The summed E-state index contributed by atoms with van der Waals surface area (Å²) in [5, 5.41) is 2.57. The van der Waals surface area contributed by atoms with E-state index >= 15 is 0 Å². The minimum atomic E-state index is -0.619. The van der Waals surface area contributed by atoms with Gasteiger partial charge in [-0.1, -0.05) is 36.4 Å². The number of carbonyl (C=O) groups excluding carboxylic acids is 4. The van der Waals surface area contributed by atoms with Gasteiger partial charge in [-0.05, 0) is 34.1 Å². The van der Waals surface area contributed by atoms with E-state index in [2.05, 4.69) is 21.2 Å². The molecule has 0 aliphatic heterocycles. The molecule has 0 saturated heterocycles. The van der Waals surface area contributed by atoms with Crippen molar-refractivity contribution < 1.29 is 23.9 Å². The number of halogens is 1. The maximum absolute atomic E-state index is 12.9. The third kappa shape index (κ3) is 3.64. The third-order valence-corrected chi connectivity index (χ3v) is 5.94. The molecular weight excluding hydrogens is 458 g/mol. The summed E-state index contributed by atoms with van der Waals surface area (Å²) in [6.45, 7) is -0.517. The van der Waals surface area contributed by atoms with Gasteiger partial charge in [-0.3, -0.25) is 14.4 Å². The second-order valence-corrected chi connectivity index (χ2v) is 8.62. The maximum atomic E-state index is 12.9. The molecule has 1 heterocycles. The number of hydrogen-bond acceptors (Lipinski definition) is 6. The van der Waals surface area contributed by atoms with Gasteiger partial charge in [0.25, 0.3) is 5.91 Å². The zero-order valence-electron chi connectivity index (χ0n) is 14.7. The van der Waals surface area contributed by atoms with Gasteiger partial charge in [-0.25, -0.2) is 4.79 Å². The Balaban J connectivity index is 1.53. The molecule has 0 atom stereocenters. The van der Waals surface area contributed by atoms with Gasteiger partial charge >= 0.3 is 5.97 Å². The highest BCUT2D eigenvalue weighted by atomic mass is 79.9. The van der Waals surface area contributed by atoms with E-state index in [1.165, 1.54) is 17.4 Å². The van der Waals surface area contributed by atoms with E-state index < -0.39 is 18.5 Å². The molecule has 29 heavy (non-hydrogen) atoms. The quantitative estimate of drug-likeness (QED) is 0.454. The Hall–Kier alpha value is -3.10. The van der Waals surface area contributed by atoms with Gasteiger partial charge in [0.1, 0.15) is 4.88 Å². The molecule has 0 fully saturated rings. The fraction of sp³-hybridized carbons (Fsp3) is 0.0476. The lowest BCUT2D eigenvalue weighted by Gasteiger charge is -2.20. The molecule has 4 rings (SSSR count). The predicted molar refractivity (Wildman–Crippen MR) is 111 cm³/mol. The first kappa shape index (κ1) is 19.2. The van der Waals surface area contributed by atoms with Crippen LogP contribution in [0.1, 0.15) is 41.5 Å². The average molecular weight is 470 g/mol. The van der Waals surface area contributed by atoms with E-state index in [-0.39, 0.29) is 28.4 Å². The standard InChI is InChI=1S/C21H12BrNO5S/c22-16-9-8-15(29-16)21(27)28-10-17(24)23-14-7-3-6-13-18(14)20(26)12-5-2-1-4-11(12)19(13)25/h1-9H,10H2,(H,23,24). The summed E-state index contributed by atoms with van der Waals surface area (Å²) >= 11 is 4.45. The molecule has 1 aliphatic carbocycles. The van der Waals surface area contributed by atoms with Gasteiger partial charge in [-0.15, -0.1) is 11.3 Å². The van der Waals surface area contributed by atoms with Crippen LogP contribution in [0.2, 0.25) is 0 Å². The first-order valence-electron chi connectivity index (χ1n) is 8.49. The van der Waals surface area contributed by atoms with Crippen LogP contribution in [0.3, 0.4) is 0 Å². The van der Waals surface area contributed by atoms with Crippen molar-refractivity contribution in [1.29, 1.82) is 0 Å². The van der Waals surface area contributed by atoms with Crippen molar-refractivity contribution in [2.24, 2.45) is 0 Å². The number of thiophene rings is 1. The minimum absolute atomic E-state index is 0.137. The molecular formula is C21H12BrNO5S. The van der Waals surface area contributed by atoms with Crippen LogP contribution in [-0.2, 0) is 9.53 Å². The molecule has 1 N–H and O–H groups in total. The molecule has 1 amide bonds. The number of carbonyl (C=O) groups is 4. The fourth-order valence-electron chi connectivity index (χ4n) is 3.06. The Labute approximate surface area is 177 Å². The van der Waals surface area contributed by atoms with Crippen LogP contribution < -0.4 is 5.32 Å². The van der Waals surface area contributed by atoms with Gasteiger partial charge in [0.05, 0.1) is 15.0 Å². The zero-order valence-corrected chi connectivity index (χ0v) is 17.1. The SMILES string of the molecule is O=C(COC(=O)c1ccc(Br)s1)Nc1cccc2c1C(=O)c1ccccc1C2=O. The molecule has 3 aromatic rings. The van der Waals surface area contributed by atoms with Crippen molar-refractivity contribution in [3.8, 4) is 0 Å². The number of benzene rings is 2. The van der Waals surface area contributed by atoms with E-state index in [1.807, 2.05) is 0 Å². The van der Waals surface area contributed by atoms with Gasteiger partial charge in [0.15, 0.2) is 18.2 Å². The second kappa shape index (κ2) is 7.73. The Kier molecular flexibility index (Phi) is 5.12. The maximum Gasteiger partial charge on any atom is 0.348 e. The van der Waals surface area contributed by atoms with Crippen molar-refractivity contribution >= 4 is 56.4 Å². The first-order chi connectivity index (χ1) is 14.0. The van der Waals surface area contributed by atoms with Crippen LogP contribution >= 0.6 is 27.3 Å². The topological polar surface area (TPSA) is 89.5 Å². The summed E-state index contributed by atoms with van der Waals surface area (Å²) < 4.78 is 5.78. The number of nitrogens with one attached hydrogen (secondary N) is 1. The van der Waals surface area contributed by atoms with Crippen LogP contribution in [-0.4, -0.2) is 30.0 Å². The molecule has 144 valence electrons. The summed E-state index contributed by atoms with van der Waals surface area (Å²) in [7, 11) is 0. The van der Waals surface area contributed by atoms with Crippen LogP contribution in [0, 0.1) is 0 Å². The first-order valence-corrected chi connectivity index (χ1v) is 10.1. The normalized spacial score (nSPS) is 12.2. The number of anilines is 1. The Morgan fingerprint density at radius 2 is 1.59 bits per heavy atom. The Morgan fingerprint density at radius 3 is 2.28 bits per heavy atom. The van der Waals surface area contributed by atoms with Crippen molar-refractivity contribution in [1.82, 2.24) is 0 Å². The van der Waals surface area contributed by atoms with Crippen LogP contribution in [0.15, 0.2) is 58.4 Å². The predicted octanol–water partition coefficient (Wildman–Crippen LogP) is 4.08. The Morgan fingerprint density at radius 1 is 0.897 bits per heavy atom. The molecule has 1 aromatic heterocycles. The lowest BCUT2D eigenvalue weighted by atomic mass is 9.83. The zero-order chi connectivity index (χ0) is 20.5. The van der Waals surface area contributed by atoms with Gasteiger partial charge in [0, 0.05) is 16.7 Å². The van der Waals surface area contributed by atoms with Crippen molar-refractivity contribution in [3.05, 3.63) is 85.5 Å². The molecule has 0 saturated carbocycles. The van der Waals surface area contributed by atoms with Crippen LogP contribution in [0.5, 0.6) is 0 Å². The molecule has 0 bridgehead atoms. The molecule has 0 unspecified atom stereocenters. The largest absolute Gasteiger partial charge is 0.451 e. The highest BCUT2D eigenvalue weighted by Gasteiger charge is 2.31. The Bertz CT molecular complexity index is 1180. The van der Waals surface area contributed by atoms with Crippen molar-refractivity contribution in [2.45, 2.75) is 0 Å². The molecule has 1 aliphatic rings. The summed E-state index contributed by atoms with van der Waals surface area (Å²) in [4.78, 5) is 50.3. The monoisotopic (exact) mass is 469 g/mol. The lowest BCUT2D eigenvalue weighted by Crippen LogP contribution is -2.25. The summed E-state index contributed by atoms with van der Waals surface area (Å²) in [6.07, 6.45) is 0. The second-order valence-electron chi connectivity index (χ2n) is 6.16. The van der Waals surface area contributed by atoms with Crippen LogP contribution in [0.4, 0.5) is 5.69 Å². The fourth-order valence-corrected chi connectivity index (χ4v) is 4.34. The highest BCUT2D eigenvalue weighted by Crippen LogP contribution is 2.32. The smallest absolute Gasteiger partial charge is 0.348 e. The van der Waals surface area contributed by atoms with E-state index in [9.17, 15) is 19.2 Å². The summed E-state index contributed by atoms with van der Waals surface area (Å²) in [5.41, 5.74) is 1.20. The van der Waals surface area contributed by atoms with Crippen molar-refractivity contribution in [2.75, 3.05) is 11.9 Å². The van der Waals surface area contributed by atoms with Crippen molar-refractivity contribution in [3.63, 3.8) is 0 Å². The third-order valence-electron chi connectivity index (χ3n) is 4.34. The number of esters is 1. The van der Waals surface area contributed by atoms with Gasteiger partial charge in [0.2, 0.25) is 0 Å². The minimum Gasteiger partial charge on any atom is -0.451 e. The number of rotatable bonds is 4. The molecule has 0 spiro atoms. The number of amides is 1. The average Bonchev–Trinajstić information content (AvgIpc) is 3.16. The van der Waals surface area contributed by atoms with Crippen LogP contribution in [0.25, 0.3) is 0 Å². The summed E-state index contributed by atoms with van der Waals surface area (Å²) in [6, 6.07) is 14.5. The van der Waals surface area contributed by atoms with E-state index in [1.54, 1.807) is 48.5 Å². The number of fused-ring (bicyclic) bond motifs is 2. The highest BCUT2D eigenvalue weighted by molar-refractivity contribution is 9.11. The van der Waals surface area contributed by atoms with E-state index in [4.69, 9.17) is 4.74 Å². The number of hydrogen-bond donors (Lipinski definition) is 1. The number of ketones is 2. The van der Waals surface area contributed by atoms with Gasteiger partial charge < -0.3 is 10.1 Å². The molecule has 8 heteroatoms. The van der Waals surface area contributed by atoms with Gasteiger partial charge in [-0.2, -0.15) is 0 Å². The molecule has 0 radical (unpaired) electrons. The summed E-state index contributed by atoms with van der Waals surface area (Å²) in [5.74, 6) is -1.85. The molecule has 2 aromatic carbocycles.